The maximum atomic E-state index is 12.7. The Morgan fingerprint density at radius 3 is 2.44 bits per heavy atom. The van der Waals surface area contributed by atoms with E-state index in [1.165, 1.54) is 6.07 Å². The van der Waals surface area contributed by atoms with E-state index < -0.39 is 11.8 Å². The van der Waals surface area contributed by atoms with Crippen LogP contribution in [0.3, 0.4) is 0 Å². The number of fused-ring (bicyclic) bond motifs is 1. The number of benzene rings is 3. The third kappa shape index (κ3) is 4.35. The molecule has 0 radical (unpaired) electrons. The van der Waals surface area contributed by atoms with Crippen LogP contribution in [0.25, 0.3) is 22.4 Å². The van der Waals surface area contributed by atoms with E-state index in [-0.39, 0.29) is 17.7 Å². The molecule has 9 nitrogen and oxygen atoms in total. The van der Waals surface area contributed by atoms with Crippen molar-refractivity contribution in [1.29, 1.82) is 0 Å². The topological polar surface area (TPSA) is 119 Å². The molecule has 0 atom stereocenters. The maximum absolute atomic E-state index is 12.7. The Balaban J connectivity index is 1.27. The zero-order valence-corrected chi connectivity index (χ0v) is 17.9. The molecule has 0 fully saturated rings. The van der Waals surface area contributed by atoms with Crippen LogP contribution in [0.4, 0.5) is 11.7 Å². The predicted octanol–water partition coefficient (Wildman–Crippen LogP) is 5.00. The van der Waals surface area contributed by atoms with Crippen LogP contribution in [0.15, 0.2) is 87.7 Å². The molecule has 0 aliphatic rings. The first-order valence-corrected chi connectivity index (χ1v) is 10.3. The smallest absolute Gasteiger partial charge is 0.322 e. The Bertz CT molecular complexity index is 1450. The normalized spacial score (nSPS) is 10.7. The van der Waals surface area contributed by atoms with Crippen LogP contribution in [-0.4, -0.2) is 29.1 Å². The summed E-state index contributed by atoms with van der Waals surface area (Å²) in [6.07, 6.45) is 0. The number of carbonyl (C=O) groups excluding carboxylic acids is 2. The minimum absolute atomic E-state index is 0.0486. The minimum atomic E-state index is -0.468. The molecule has 5 aromatic rings. The first-order valence-electron chi connectivity index (χ1n) is 10.3. The van der Waals surface area contributed by atoms with Crippen molar-refractivity contribution in [2.45, 2.75) is 0 Å². The van der Waals surface area contributed by atoms with Gasteiger partial charge in [-0.25, -0.2) is 0 Å². The van der Waals surface area contributed by atoms with Gasteiger partial charge in [0.1, 0.15) is 11.3 Å². The van der Waals surface area contributed by atoms with Gasteiger partial charge in [-0.3, -0.25) is 14.9 Å². The number of para-hydroxylation sites is 1. The summed E-state index contributed by atoms with van der Waals surface area (Å²) in [4.78, 5) is 25.3. The van der Waals surface area contributed by atoms with Gasteiger partial charge in [0, 0.05) is 22.2 Å². The second-order valence-corrected chi connectivity index (χ2v) is 7.28. The molecule has 2 heterocycles. The molecule has 0 unspecified atom stereocenters. The molecule has 0 spiro atoms. The summed E-state index contributed by atoms with van der Waals surface area (Å²) in [5.74, 6) is 0.237. The average Bonchev–Trinajstić information content (AvgIpc) is 3.51. The Morgan fingerprint density at radius 1 is 0.824 bits per heavy atom. The number of amides is 2. The molecular weight excluding hydrogens is 436 g/mol. The van der Waals surface area contributed by atoms with E-state index in [1.807, 2.05) is 18.2 Å². The van der Waals surface area contributed by atoms with E-state index in [0.717, 1.165) is 5.39 Å². The Morgan fingerprint density at radius 2 is 1.65 bits per heavy atom. The highest BCUT2D eigenvalue weighted by atomic mass is 16.5. The molecular formula is C25H18N4O5. The zero-order valence-electron chi connectivity index (χ0n) is 17.9. The van der Waals surface area contributed by atoms with E-state index in [2.05, 4.69) is 20.8 Å². The quantitative estimate of drug-likeness (QED) is 0.371. The average molecular weight is 454 g/mol. The van der Waals surface area contributed by atoms with Gasteiger partial charge in [0.05, 0.1) is 7.11 Å². The largest absolute Gasteiger partial charge is 0.497 e. The lowest BCUT2D eigenvalue weighted by atomic mass is 10.2. The molecule has 2 N–H and O–H groups in total. The number of hydrogen-bond acceptors (Lipinski definition) is 7. The molecule has 3 aromatic carbocycles. The van der Waals surface area contributed by atoms with E-state index >= 15 is 0 Å². The molecule has 34 heavy (non-hydrogen) atoms. The monoisotopic (exact) mass is 454 g/mol. The van der Waals surface area contributed by atoms with Crippen molar-refractivity contribution in [2.24, 2.45) is 0 Å². The molecule has 0 saturated carbocycles. The number of aromatic nitrogens is 2. The molecule has 2 amide bonds. The number of rotatable bonds is 6. The van der Waals surface area contributed by atoms with E-state index in [9.17, 15) is 9.59 Å². The number of methoxy groups -OCH3 is 1. The van der Waals surface area contributed by atoms with Crippen molar-refractivity contribution in [3.8, 4) is 17.2 Å². The van der Waals surface area contributed by atoms with Gasteiger partial charge in [-0.2, -0.15) is 0 Å². The van der Waals surface area contributed by atoms with Crippen molar-refractivity contribution < 1.29 is 23.2 Å². The molecule has 5 rings (SSSR count). The van der Waals surface area contributed by atoms with Crippen LogP contribution in [0.5, 0.6) is 5.75 Å². The first kappa shape index (κ1) is 21.0. The number of hydrogen-bond donors (Lipinski definition) is 2. The summed E-state index contributed by atoms with van der Waals surface area (Å²) in [5, 5.41) is 14.0. The van der Waals surface area contributed by atoms with Crippen molar-refractivity contribution in [2.75, 3.05) is 17.7 Å². The number of ether oxygens (including phenoxy) is 1. The Kier molecular flexibility index (Phi) is 5.49. The second kappa shape index (κ2) is 8.91. The fraction of sp³-hybridized carbons (Fsp3) is 0.0400. The molecule has 168 valence electrons. The van der Waals surface area contributed by atoms with Crippen LogP contribution in [0.2, 0.25) is 0 Å². The summed E-state index contributed by atoms with van der Waals surface area (Å²) < 4.78 is 16.3. The van der Waals surface area contributed by atoms with E-state index in [0.29, 0.717) is 28.1 Å². The molecule has 0 saturated heterocycles. The van der Waals surface area contributed by atoms with Gasteiger partial charge in [0.15, 0.2) is 5.76 Å². The summed E-state index contributed by atoms with van der Waals surface area (Å²) >= 11 is 0. The number of nitrogens with zero attached hydrogens (tertiary/aromatic N) is 2. The van der Waals surface area contributed by atoms with Gasteiger partial charge in [-0.05, 0) is 54.6 Å². The van der Waals surface area contributed by atoms with Gasteiger partial charge in [0.2, 0.25) is 5.89 Å². The lowest BCUT2D eigenvalue weighted by Gasteiger charge is -2.06. The van der Waals surface area contributed by atoms with Crippen molar-refractivity contribution in [3.05, 3.63) is 90.2 Å². The third-order valence-corrected chi connectivity index (χ3v) is 5.01. The number of carbonyl (C=O) groups is 2. The van der Waals surface area contributed by atoms with Gasteiger partial charge < -0.3 is 18.9 Å². The fourth-order valence-corrected chi connectivity index (χ4v) is 3.32. The third-order valence-electron chi connectivity index (χ3n) is 5.01. The van der Waals surface area contributed by atoms with Crippen LogP contribution >= 0.6 is 0 Å². The van der Waals surface area contributed by atoms with Crippen molar-refractivity contribution in [3.63, 3.8) is 0 Å². The highest BCUT2D eigenvalue weighted by Gasteiger charge is 2.16. The highest BCUT2D eigenvalue weighted by Crippen LogP contribution is 2.23. The van der Waals surface area contributed by atoms with Crippen molar-refractivity contribution >= 4 is 34.5 Å². The second-order valence-electron chi connectivity index (χ2n) is 7.28. The summed E-state index contributed by atoms with van der Waals surface area (Å²) in [5.41, 5.74) is 2.03. The Labute approximate surface area is 193 Å². The van der Waals surface area contributed by atoms with Gasteiger partial charge in [-0.15, -0.1) is 5.10 Å². The number of anilines is 2. The number of nitrogens with one attached hydrogen (secondary N) is 2. The molecule has 0 aliphatic heterocycles. The number of furan rings is 1. The first-order chi connectivity index (χ1) is 16.6. The molecule has 0 aliphatic carbocycles. The van der Waals surface area contributed by atoms with Crippen LogP contribution in [0.1, 0.15) is 20.9 Å². The Hall–Kier alpha value is -4.92. The van der Waals surface area contributed by atoms with Gasteiger partial charge >= 0.3 is 6.01 Å². The molecule has 9 heteroatoms. The van der Waals surface area contributed by atoms with Crippen LogP contribution in [-0.2, 0) is 0 Å². The van der Waals surface area contributed by atoms with Crippen LogP contribution in [0, 0.1) is 0 Å². The van der Waals surface area contributed by atoms with Crippen LogP contribution < -0.4 is 15.4 Å². The lowest BCUT2D eigenvalue weighted by molar-refractivity contribution is 0.0994. The standard InChI is InChI=1S/C25H18N4O5/c1-32-19-11-9-15(10-12-19)24-28-29-25(34-24)27-22(30)17-6-4-7-18(13-17)26-23(31)21-14-16-5-2-3-8-20(16)33-21/h2-14H,1H3,(H,26,31)(H,27,29,30). The fourth-order valence-electron chi connectivity index (χ4n) is 3.32. The summed E-state index contributed by atoms with van der Waals surface area (Å²) in [7, 11) is 1.58. The summed E-state index contributed by atoms with van der Waals surface area (Å²) in [6, 6.07) is 22.5. The molecule has 0 bridgehead atoms. The van der Waals surface area contributed by atoms with Gasteiger partial charge in [-0.1, -0.05) is 29.4 Å². The minimum Gasteiger partial charge on any atom is -0.497 e. The van der Waals surface area contributed by atoms with Crippen molar-refractivity contribution in [1.82, 2.24) is 10.2 Å². The van der Waals surface area contributed by atoms with E-state index in [4.69, 9.17) is 13.6 Å². The summed E-state index contributed by atoms with van der Waals surface area (Å²) in [6.45, 7) is 0. The van der Waals surface area contributed by atoms with E-state index in [1.54, 1.807) is 61.7 Å². The maximum Gasteiger partial charge on any atom is 0.322 e. The highest BCUT2D eigenvalue weighted by molar-refractivity contribution is 6.07. The SMILES string of the molecule is COc1ccc(-c2nnc(NC(=O)c3cccc(NC(=O)c4cc5ccccc5o4)c3)o2)cc1. The van der Waals surface area contributed by atoms with Gasteiger partial charge in [0.25, 0.3) is 11.8 Å². The predicted molar refractivity (Wildman–Crippen MR) is 125 cm³/mol. The zero-order chi connectivity index (χ0) is 23.5. The molecule has 2 aromatic heterocycles. The lowest BCUT2D eigenvalue weighted by Crippen LogP contribution is -2.14.